The first-order valence-electron chi connectivity index (χ1n) is 10.4. The fraction of sp³-hybridized carbons (Fsp3) is 0.280. The highest BCUT2D eigenvalue weighted by Gasteiger charge is 2.15. The van der Waals surface area contributed by atoms with Crippen LogP contribution in [-0.2, 0) is 4.79 Å². The van der Waals surface area contributed by atoms with Crippen molar-refractivity contribution >= 4 is 28.3 Å². The molecule has 0 heterocycles. The number of nitrogens with one attached hydrogen (secondary N) is 1. The van der Waals surface area contributed by atoms with Crippen molar-refractivity contribution in [3.8, 4) is 5.75 Å². The molecule has 5 nitrogen and oxygen atoms in total. The minimum atomic E-state index is -0.272. The third-order valence-corrected chi connectivity index (χ3v) is 4.76. The van der Waals surface area contributed by atoms with Crippen molar-refractivity contribution < 1.29 is 14.3 Å². The predicted molar refractivity (Wildman–Crippen MR) is 121 cm³/mol. The van der Waals surface area contributed by atoms with Gasteiger partial charge in [-0.3, -0.25) is 9.59 Å². The molecule has 0 fully saturated rings. The highest BCUT2D eigenvalue weighted by Crippen LogP contribution is 2.20. The van der Waals surface area contributed by atoms with E-state index >= 15 is 0 Å². The highest BCUT2D eigenvalue weighted by atomic mass is 16.5. The van der Waals surface area contributed by atoms with E-state index in [9.17, 15) is 9.59 Å². The van der Waals surface area contributed by atoms with Crippen LogP contribution in [0, 0.1) is 0 Å². The Balaban J connectivity index is 1.60. The van der Waals surface area contributed by atoms with E-state index in [4.69, 9.17) is 4.74 Å². The summed E-state index contributed by atoms with van der Waals surface area (Å²) in [5.74, 6) is 0.358. The number of benzene rings is 3. The maximum atomic E-state index is 12.8. The first-order chi connectivity index (χ1) is 14.6. The number of ether oxygens (including phenoxy) is 1. The van der Waals surface area contributed by atoms with Crippen LogP contribution in [0.2, 0.25) is 0 Å². The summed E-state index contributed by atoms with van der Waals surface area (Å²) in [7, 11) is 0. The van der Waals surface area contributed by atoms with Crippen molar-refractivity contribution in [3.63, 3.8) is 0 Å². The molecule has 5 heteroatoms. The van der Waals surface area contributed by atoms with Gasteiger partial charge in [-0.25, -0.2) is 0 Å². The highest BCUT2D eigenvalue weighted by molar-refractivity contribution is 5.97. The number of anilines is 1. The zero-order chi connectivity index (χ0) is 21.3. The smallest absolute Gasteiger partial charge is 0.262 e. The quantitative estimate of drug-likeness (QED) is 0.538. The molecule has 0 aliphatic rings. The Hall–Kier alpha value is -3.34. The maximum absolute atomic E-state index is 12.8. The zero-order valence-corrected chi connectivity index (χ0v) is 17.6. The average molecular weight is 405 g/mol. The number of amides is 2. The van der Waals surface area contributed by atoms with Gasteiger partial charge in [0.05, 0.1) is 0 Å². The largest absolute Gasteiger partial charge is 0.484 e. The van der Waals surface area contributed by atoms with Gasteiger partial charge in [0, 0.05) is 24.3 Å². The normalized spacial score (nSPS) is 10.6. The van der Waals surface area contributed by atoms with Gasteiger partial charge in [-0.15, -0.1) is 0 Å². The Morgan fingerprint density at radius 2 is 1.60 bits per heavy atom. The Morgan fingerprint density at radius 1 is 0.867 bits per heavy atom. The van der Waals surface area contributed by atoms with Gasteiger partial charge >= 0.3 is 0 Å². The predicted octanol–water partition coefficient (Wildman–Crippen LogP) is 5.12. The lowest BCUT2D eigenvalue weighted by Gasteiger charge is -2.21. The van der Waals surface area contributed by atoms with Gasteiger partial charge in [0.25, 0.3) is 11.8 Å². The number of carbonyl (C=O) groups excluding carboxylic acids is 2. The van der Waals surface area contributed by atoms with Crippen LogP contribution in [0.5, 0.6) is 5.75 Å². The Labute approximate surface area is 177 Å². The molecule has 3 rings (SSSR count). The van der Waals surface area contributed by atoms with Crippen LogP contribution in [0.1, 0.15) is 37.0 Å². The molecule has 0 aliphatic heterocycles. The van der Waals surface area contributed by atoms with Crippen LogP contribution in [0.3, 0.4) is 0 Å². The number of fused-ring (bicyclic) bond motifs is 1. The zero-order valence-electron chi connectivity index (χ0n) is 17.6. The van der Waals surface area contributed by atoms with Crippen molar-refractivity contribution in [1.82, 2.24) is 4.90 Å². The molecule has 0 aromatic heterocycles. The summed E-state index contributed by atoms with van der Waals surface area (Å²) >= 11 is 0. The van der Waals surface area contributed by atoms with E-state index in [2.05, 4.69) is 19.2 Å². The van der Waals surface area contributed by atoms with E-state index in [1.807, 2.05) is 47.4 Å². The van der Waals surface area contributed by atoms with Gasteiger partial charge < -0.3 is 15.0 Å². The van der Waals surface area contributed by atoms with Gasteiger partial charge in [-0.1, -0.05) is 50.2 Å². The molecule has 0 aliphatic carbocycles. The molecule has 30 heavy (non-hydrogen) atoms. The fourth-order valence-corrected chi connectivity index (χ4v) is 3.37. The lowest BCUT2D eigenvalue weighted by Crippen LogP contribution is -2.32. The van der Waals surface area contributed by atoms with Crippen LogP contribution in [0.25, 0.3) is 10.8 Å². The lowest BCUT2D eigenvalue weighted by atomic mass is 10.1. The molecular formula is C25H28N2O3. The third-order valence-electron chi connectivity index (χ3n) is 4.76. The number of hydrogen-bond acceptors (Lipinski definition) is 3. The monoisotopic (exact) mass is 404 g/mol. The second-order valence-electron chi connectivity index (χ2n) is 7.22. The molecule has 2 amide bonds. The van der Waals surface area contributed by atoms with Gasteiger partial charge in [-0.05, 0) is 53.9 Å². The summed E-state index contributed by atoms with van der Waals surface area (Å²) in [5.41, 5.74) is 1.16. The second-order valence-corrected chi connectivity index (χ2v) is 7.22. The number of hydrogen-bond donors (Lipinski definition) is 1. The molecule has 156 valence electrons. The summed E-state index contributed by atoms with van der Waals surface area (Å²) in [6.45, 7) is 5.46. The average Bonchev–Trinajstić information content (AvgIpc) is 2.77. The summed E-state index contributed by atoms with van der Waals surface area (Å²) in [5, 5.41) is 4.99. The van der Waals surface area contributed by atoms with E-state index in [0.717, 1.165) is 36.7 Å². The SMILES string of the molecule is CCCN(CCC)C(=O)c1cccc(NC(=O)COc2ccc3ccccc3c2)c1. The maximum Gasteiger partial charge on any atom is 0.262 e. The van der Waals surface area contributed by atoms with Gasteiger partial charge in [-0.2, -0.15) is 0 Å². The van der Waals surface area contributed by atoms with Crippen LogP contribution in [0.15, 0.2) is 66.7 Å². The molecule has 0 bridgehead atoms. The van der Waals surface area contributed by atoms with Crippen molar-refractivity contribution in [3.05, 3.63) is 72.3 Å². The van der Waals surface area contributed by atoms with Crippen molar-refractivity contribution in [2.45, 2.75) is 26.7 Å². The Morgan fingerprint density at radius 3 is 2.33 bits per heavy atom. The summed E-state index contributed by atoms with van der Waals surface area (Å²) in [6, 6.07) is 20.8. The fourth-order valence-electron chi connectivity index (χ4n) is 3.37. The summed E-state index contributed by atoms with van der Waals surface area (Å²) in [6.07, 6.45) is 1.82. The van der Waals surface area contributed by atoms with Crippen LogP contribution in [-0.4, -0.2) is 36.4 Å². The summed E-state index contributed by atoms with van der Waals surface area (Å²) < 4.78 is 5.64. The van der Waals surface area contributed by atoms with E-state index in [1.165, 1.54) is 0 Å². The number of nitrogens with zero attached hydrogens (tertiary/aromatic N) is 1. The molecule has 3 aromatic rings. The topological polar surface area (TPSA) is 58.6 Å². The molecule has 0 saturated carbocycles. The molecule has 0 radical (unpaired) electrons. The van der Waals surface area contributed by atoms with Crippen LogP contribution in [0.4, 0.5) is 5.69 Å². The Bertz CT molecular complexity index is 1010. The Kier molecular flexibility index (Phi) is 7.44. The molecule has 3 aromatic carbocycles. The molecule has 0 unspecified atom stereocenters. The summed E-state index contributed by atoms with van der Waals surface area (Å²) in [4.78, 5) is 27.0. The first kappa shape index (κ1) is 21.4. The van der Waals surface area contributed by atoms with Gasteiger partial charge in [0.1, 0.15) is 5.75 Å². The van der Waals surface area contributed by atoms with Crippen LogP contribution >= 0.6 is 0 Å². The number of carbonyl (C=O) groups is 2. The number of rotatable bonds is 9. The molecule has 1 N–H and O–H groups in total. The first-order valence-corrected chi connectivity index (χ1v) is 10.4. The lowest BCUT2D eigenvalue weighted by molar-refractivity contribution is -0.118. The van der Waals surface area contributed by atoms with Crippen molar-refractivity contribution in [1.29, 1.82) is 0 Å². The third kappa shape index (κ3) is 5.60. The van der Waals surface area contributed by atoms with Gasteiger partial charge in [0.15, 0.2) is 6.61 Å². The standard InChI is InChI=1S/C25H28N2O3/c1-3-14-27(15-4-2)25(29)21-10-7-11-22(16-21)26-24(28)18-30-23-13-12-19-8-5-6-9-20(19)17-23/h5-13,16-17H,3-4,14-15,18H2,1-2H3,(H,26,28). The van der Waals surface area contributed by atoms with E-state index in [-0.39, 0.29) is 18.4 Å². The minimum absolute atomic E-state index is 0.0118. The molecule has 0 saturated heterocycles. The van der Waals surface area contributed by atoms with E-state index in [0.29, 0.717) is 17.0 Å². The van der Waals surface area contributed by atoms with Crippen molar-refractivity contribution in [2.75, 3.05) is 25.0 Å². The molecular weight excluding hydrogens is 376 g/mol. The van der Waals surface area contributed by atoms with Crippen LogP contribution < -0.4 is 10.1 Å². The second kappa shape index (κ2) is 10.4. The minimum Gasteiger partial charge on any atom is -0.484 e. The van der Waals surface area contributed by atoms with Crippen molar-refractivity contribution in [2.24, 2.45) is 0 Å². The van der Waals surface area contributed by atoms with Gasteiger partial charge in [0.2, 0.25) is 0 Å². The molecule has 0 atom stereocenters. The molecule has 0 spiro atoms. The van der Waals surface area contributed by atoms with E-state index in [1.54, 1.807) is 24.3 Å². The van der Waals surface area contributed by atoms with E-state index < -0.39 is 0 Å².